The van der Waals surface area contributed by atoms with Crippen molar-refractivity contribution in [1.29, 1.82) is 0 Å². The van der Waals surface area contributed by atoms with E-state index in [-0.39, 0.29) is 18.9 Å². The van der Waals surface area contributed by atoms with Gasteiger partial charge in [0.05, 0.1) is 5.92 Å². The standard InChI is InChI=1S/C15H21F3N2/c16-15(17,18)13-6-8-20(9-7-13)14(11-19)10-12-4-2-1-3-5-12/h1-5,13-14H,6-11,19H2. The minimum Gasteiger partial charge on any atom is -0.329 e. The molecule has 0 saturated carbocycles. The minimum absolute atomic E-state index is 0.131. The van der Waals surface area contributed by atoms with Crippen LogP contribution in [0.1, 0.15) is 18.4 Å². The maximum atomic E-state index is 12.7. The van der Waals surface area contributed by atoms with Crippen LogP contribution < -0.4 is 5.73 Å². The van der Waals surface area contributed by atoms with Crippen molar-refractivity contribution in [3.8, 4) is 0 Å². The van der Waals surface area contributed by atoms with Crippen LogP contribution in [-0.4, -0.2) is 36.8 Å². The van der Waals surface area contributed by atoms with Crippen LogP contribution in [0.4, 0.5) is 13.2 Å². The van der Waals surface area contributed by atoms with Gasteiger partial charge < -0.3 is 5.73 Å². The van der Waals surface area contributed by atoms with E-state index < -0.39 is 12.1 Å². The molecule has 2 nitrogen and oxygen atoms in total. The lowest BCUT2D eigenvalue weighted by molar-refractivity contribution is -0.186. The molecule has 0 spiro atoms. The van der Waals surface area contributed by atoms with Crippen molar-refractivity contribution in [2.75, 3.05) is 19.6 Å². The summed E-state index contributed by atoms with van der Waals surface area (Å²) in [6.07, 6.45) is -2.87. The van der Waals surface area contributed by atoms with E-state index in [0.717, 1.165) is 6.42 Å². The zero-order valence-corrected chi connectivity index (χ0v) is 11.4. The first-order chi connectivity index (χ1) is 9.50. The highest BCUT2D eigenvalue weighted by atomic mass is 19.4. The maximum Gasteiger partial charge on any atom is 0.391 e. The van der Waals surface area contributed by atoms with Crippen LogP contribution in [0.5, 0.6) is 0 Å². The fraction of sp³-hybridized carbons (Fsp3) is 0.600. The van der Waals surface area contributed by atoms with Gasteiger partial charge in [0.1, 0.15) is 0 Å². The highest BCUT2D eigenvalue weighted by Gasteiger charge is 2.41. The molecule has 1 atom stereocenters. The van der Waals surface area contributed by atoms with Gasteiger partial charge in [-0.05, 0) is 37.9 Å². The third kappa shape index (κ3) is 3.96. The Balaban J connectivity index is 1.91. The van der Waals surface area contributed by atoms with Gasteiger partial charge in [0.25, 0.3) is 0 Å². The van der Waals surface area contributed by atoms with Crippen LogP contribution in [-0.2, 0) is 6.42 Å². The van der Waals surface area contributed by atoms with Crippen molar-refractivity contribution >= 4 is 0 Å². The molecular weight excluding hydrogens is 265 g/mol. The molecule has 1 saturated heterocycles. The van der Waals surface area contributed by atoms with Gasteiger partial charge in [0.2, 0.25) is 0 Å². The molecule has 1 aliphatic rings. The zero-order valence-electron chi connectivity index (χ0n) is 11.4. The Kier molecular flexibility index (Phi) is 5.05. The first kappa shape index (κ1) is 15.3. The number of hydrogen-bond acceptors (Lipinski definition) is 2. The van der Waals surface area contributed by atoms with Crippen molar-refractivity contribution in [2.45, 2.75) is 31.5 Å². The lowest BCUT2D eigenvalue weighted by Crippen LogP contribution is -2.48. The Hall–Kier alpha value is -1.07. The Morgan fingerprint density at radius 3 is 2.25 bits per heavy atom. The van der Waals surface area contributed by atoms with Gasteiger partial charge in [-0.15, -0.1) is 0 Å². The highest BCUT2D eigenvalue weighted by Crippen LogP contribution is 2.34. The second-order valence-corrected chi connectivity index (χ2v) is 5.43. The van der Waals surface area contributed by atoms with Crippen molar-refractivity contribution < 1.29 is 13.2 Å². The van der Waals surface area contributed by atoms with E-state index in [1.54, 1.807) is 0 Å². The Morgan fingerprint density at radius 1 is 1.15 bits per heavy atom. The van der Waals surface area contributed by atoms with Gasteiger partial charge in [0, 0.05) is 12.6 Å². The summed E-state index contributed by atoms with van der Waals surface area (Å²) in [5.74, 6) is -1.14. The molecule has 112 valence electrons. The summed E-state index contributed by atoms with van der Waals surface area (Å²) < 4.78 is 38.0. The number of benzene rings is 1. The van der Waals surface area contributed by atoms with E-state index in [1.165, 1.54) is 5.56 Å². The number of hydrogen-bond donors (Lipinski definition) is 1. The molecule has 0 aliphatic carbocycles. The largest absolute Gasteiger partial charge is 0.391 e. The van der Waals surface area contributed by atoms with E-state index in [4.69, 9.17) is 5.73 Å². The fourth-order valence-corrected chi connectivity index (χ4v) is 2.84. The molecule has 2 rings (SSSR count). The Labute approximate surface area is 117 Å². The van der Waals surface area contributed by atoms with Crippen LogP contribution in [0.15, 0.2) is 30.3 Å². The van der Waals surface area contributed by atoms with Crippen LogP contribution in [0, 0.1) is 5.92 Å². The van der Waals surface area contributed by atoms with Crippen molar-refractivity contribution in [1.82, 2.24) is 4.90 Å². The molecule has 5 heteroatoms. The molecule has 2 N–H and O–H groups in total. The summed E-state index contributed by atoms with van der Waals surface area (Å²) >= 11 is 0. The molecule has 1 aromatic rings. The summed E-state index contributed by atoms with van der Waals surface area (Å²) in [6.45, 7) is 1.45. The van der Waals surface area contributed by atoms with E-state index in [9.17, 15) is 13.2 Å². The first-order valence-corrected chi connectivity index (χ1v) is 7.05. The van der Waals surface area contributed by atoms with Crippen LogP contribution in [0.25, 0.3) is 0 Å². The molecular formula is C15H21F3N2. The third-order valence-corrected chi connectivity index (χ3v) is 4.10. The van der Waals surface area contributed by atoms with Crippen molar-refractivity contribution in [2.24, 2.45) is 11.7 Å². The number of alkyl halides is 3. The molecule has 0 radical (unpaired) electrons. The van der Waals surface area contributed by atoms with Gasteiger partial charge >= 0.3 is 6.18 Å². The van der Waals surface area contributed by atoms with Gasteiger partial charge in [0.15, 0.2) is 0 Å². The monoisotopic (exact) mass is 286 g/mol. The van der Waals surface area contributed by atoms with Gasteiger partial charge in [-0.3, -0.25) is 4.90 Å². The normalized spacial score (nSPS) is 20.0. The average molecular weight is 286 g/mol. The molecule has 0 amide bonds. The smallest absolute Gasteiger partial charge is 0.329 e. The Bertz CT molecular complexity index is 397. The molecule has 1 fully saturated rings. The van der Waals surface area contributed by atoms with E-state index in [2.05, 4.69) is 4.90 Å². The topological polar surface area (TPSA) is 29.3 Å². The van der Waals surface area contributed by atoms with Crippen LogP contribution in [0.2, 0.25) is 0 Å². The quantitative estimate of drug-likeness (QED) is 0.922. The van der Waals surface area contributed by atoms with Gasteiger partial charge in [-0.25, -0.2) is 0 Å². The van der Waals surface area contributed by atoms with Crippen LogP contribution >= 0.6 is 0 Å². The summed E-state index contributed by atoms with van der Waals surface area (Å²) in [6, 6.07) is 10.1. The summed E-state index contributed by atoms with van der Waals surface area (Å²) in [4.78, 5) is 2.11. The lowest BCUT2D eigenvalue weighted by Gasteiger charge is -2.37. The Morgan fingerprint density at radius 2 is 1.75 bits per heavy atom. The number of halogens is 3. The second-order valence-electron chi connectivity index (χ2n) is 5.43. The van der Waals surface area contributed by atoms with Crippen molar-refractivity contribution in [3.63, 3.8) is 0 Å². The summed E-state index contributed by atoms with van der Waals surface area (Å²) in [5.41, 5.74) is 6.99. The van der Waals surface area contributed by atoms with E-state index in [0.29, 0.717) is 19.6 Å². The molecule has 20 heavy (non-hydrogen) atoms. The molecule has 0 aromatic heterocycles. The maximum absolute atomic E-state index is 12.7. The fourth-order valence-electron chi connectivity index (χ4n) is 2.84. The number of nitrogens with two attached hydrogens (primary N) is 1. The van der Waals surface area contributed by atoms with E-state index >= 15 is 0 Å². The van der Waals surface area contributed by atoms with Crippen molar-refractivity contribution in [3.05, 3.63) is 35.9 Å². The first-order valence-electron chi connectivity index (χ1n) is 7.05. The minimum atomic E-state index is -4.05. The average Bonchev–Trinajstić information content (AvgIpc) is 2.45. The number of piperidine rings is 1. The zero-order chi connectivity index (χ0) is 14.6. The third-order valence-electron chi connectivity index (χ3n) is 4.10. The number of nitrogens with zero attached hydrogens (tertiary/aromatic N) is 1. The molecule has 1 heterocycles. The predicted molar refractivity (Wildman–Crippen MR) is 73.3 cm³/mol. The molecule has 0 bridgehead atoms. The molecule has 1 aliphatic heterocycles. The number of rotatable bonds is 4. The van der Waals surface area contributed by atoms with Gasteiger partial charge in [-0.1, -0.05) is 30.3 Å². The van der Waals surface area contributed by atoms with Gasteiger partial charge in [-0.2, -0.15) is 13.2 Å². The summed E-state index contributed by atoms with van der Waals surface area (Å²) in [5, 5.41) is 0. The number of likely N-dealkylation sites (tertiary alicyclic amines) is 1. The SMILES string of the molecule is NCC(Cc1ccccc1)N1CCC(C(F)(F)F)CC1. The van der Waals surface area contributed by atoms with E-state index in [1.807, 2.05) is 30.3 Å². The highest BCUT2D eigenvalue weighted by molar-refractivity contribution is 5.16. The lowest BCUT2D eigenvalue weighted by atomic mass is 9.94. The summed E-state index contributed by atoms with van der Waals surface area (Å²) in [7, 11) is 0. The predicted octanol–water partition coefficient (Wildman–Crippen LogP) is 2.83. The molecule has 1 aromatic carbocycles. The van der Waals surface area contributed by atoms with Crippen LogP contribution in [0.3, 0.4) is 0 Å². The molecule has 1 unspecified atom stereocenters. The second kappa shape index (κ2) is 6.59.